The molecule has 1 heterocycles. The fraction of sp³-hybridized carbons (Fsp3) is 0.700. The van der Waals surface area contributed by atoms with Crippen molar-refractivity contribution < 1.29 is 9.15 Å². The molecular formula is C10H18N2O2. The van der Waals surface area contributed by atoms with E-state index in [0.717, 1.165) is 12.1 Å². The fourth-order valence-electron chi connectivity index (χ4n) is 0.906. The lowest BCUT2D eigenvalue weighted by atomic mass is 10.1. The van der Waals surface area contributed by atoms with Crippen LogP contribution in [0.25, 0.3) is 0 Å². The van der Waals surface area contributed by atoms with Crippen molar-refractivity contribution in [2.45, 2.75) is 39.3 Å². The van der Waals surface area contributed by atoms with Gasteiger partial charge in [-0.25, -0.2) is 0 Å². The Morgan fingerprint density at radius 1 is 1.57 bits per heavy atom. The summed E-state index contributed by atoms with van der Waals surface area (Å²) in [6.45, 7) is 6.78. The van der Waals surface area contributed by atoms with Gasteiger partial charge in [0, 0.05) is 6.54 Å². The molecule has 0 aliphatic heterocycles. The Balaban J connectivity index is 2.59. The van der Waals surface area contributed by atoms with Crippen LogP contribution in [0.5, 0.6) is 6.08 Å². The largest absolute Gasteiger partial charge is 0.444 e. The first-order valence-electron chi connectivity index (χ1n) is 4.85. The van der Waals surface area contributed by atoms with Crippen molar-refractivity contribution in [2.75, 3.05) is 7.05 Å². The molecule has 1 aromatic heterocycles. The molecule has 1 aromatic rings. The summed E-state index contributed by atoms with van der Waals surface area (Å²) < 4.78 is 10.8. The van der Waals surface area contributed by atoms with E-state index >= 15 is 0 Å². The fourth-order valence-corrected chi connectivity index (χ4v) is 0.906. The summed E-state index contributed by atoms with van der Waals surface area (Å²) in [5.41, 5.74) is 0.635. The lowest BCUT2D eigenvalue weighted by molar-refractivity contribution is 0.0666. The predicted octanol–water partition coefficient (Wildman–Crippen LogP) is 1.96. The first-order valence-corrected chi connectivity index (χ1v) is 4.85. The number of hydrogen-bond donors (Lipinski definition) is 1. The van der Waals surface area contributed by atoms with E-state index in [4.69, 9.17) is 9.15 Å². The van der Waals surface area contributed by atoms with Crippen LogP contribution in [0.4, 0.5) is 0 Å². The Hall–Kier alpha value is -1.03. The van der Waals surface area contributed by atoms with Gasteiger partial charge in [-0.1, -0.05) is 6.92 Å². The molecule has 0 aromatic carbocycles. The number of rotatable bonds is 5. The van der Waals surface area contributed by atoms with Gasteiger partial charge in [-0.2, -0.15) is 4.98 Å². The number of ether oxygens (including phenoxy) is 1. The molecule has 0 saturated carbocycles. The number of nitrogens with zero attached hydrogens (tertiary/aromatic N) is 1. The zero-order chi connectivity index (χ0) is 10.6. The highest BCUT2D eigenvalue weighted by Crippen LogP contribution is 2.19. The number of aromatic nitrogens is 1. The van der Waals surface area contributed by atoms with E-state index in [-0.39, 0.29) is 5.60 Å². The van der Waals surface area contributed by atoms with E-state index < -0.39 is 0 Å². The van der Waals surface area contributed by atoms with Crippen LogP contribution in [0.2, 0.25) is 0 Å². The van der Waals surface area contributed by atoms with Gasteiger partial charge in [0.05, 0.1) is 5.69 Å². The second-order valence-electron chi connectivity index (χ2n) is 3.85. The van der Waals surface area contributed by atoms with Crippen LogP contribution >= 0.6 is 0 Å². The van der Waals surface area contributed by atoms with Crippen LogP contribution in [0.3, 0.4) is 0 Å². The lowest BCUT2D eigenvalue weighted by Gasteiger charge is -2.21. The Bertz CT molecular complexity index is 281. The van der Waals surface area contributed by atoms with E-state index in [1.54, 1.807) is 6.26 Å². The molecular weight excluding hydrogens is 180 g/mol. The zero-order valence-corrected chi connectivity index (χ0v) is 9.26. The summed E-state index contributed by atoms with van der Waals surface area (Å²) in [5.74, 6) is 0. The molecule has 4 heteroatoms. The molecule has 1 rings (SSSR count). The normalized spacial score (nSPS) is 11.7. The standard InChI is InChI=1S/C10H18N2O2/c1-5-10(2,3)14-9-12-8(6-11-4)7-13-9/h7,11H,5-6H2,1-4H3. The van der Waals surface area contributed by atoms with Gasteiger partial charge < -0.3 is 14.5 Å². The second kappa shape index (κ2) is 4.46. The van der Waals surface area contributed by atoms with Gasteiger partial charge in [0.15, 0.2) is 0 Å². The summed E-state index contributed by atoms with van der Waals surface area (Å²) in [6.07, 6.45) is 2.87. The summed E-state index contributed by atoms with van der Waals surface area (Å²) in [7, 11) is 1.87. The average molecular weight is 198 g/mol. The van der Waals surface area contributed by atoms with Gasteiger partial charge in [-0.15, -0.1) is 0 Å². The number of hydrogen-bond acceptors (Lipinski definition) is 4. The van der Waals surface area contributed by atoms with E-state index in [1.165, 1.54) is 0 Å². The Labute approximate surface area is 84.7 Å². The van der Waals surface area contributed by atoms with Gasteiger partial charge in [0.25, 0.3) is 0 Å². The molecule has 0 bridgehead atoms. The van der Waals surface area contributed by atoms with Gasteiger partial charge in [-0.05, 0) is 27.3 Å². The Morgan fingerprint density at radius 2 is 2.29 bits per heavy atom. The maximum Gasteiger partial charge on any atom is 0.394 e. The first-order chi connectivity index (χ1) is 6.57. The molecule has 80 valence electrons. The van der Waals surface area contributed by atoms with Crippen molar-refractivity contribution in [1.29, 1.82) is 0 Å². The first kappa shape index (κ1) is 11.0. The van der Waals surface area contributed by atoms with Crippen LogP contribution in [-0.4, -0.2) is 17.6 Å². The molecule has 0 unspecified atom stereocenters. The third-order valence-corrected chi connectivity index (χ3v) is 2.10. The molecule has 14 heavy (non-hydrogen) atoms. The minimum Gasteiger partial charge on any atom is -0.444 e. The highest BCUT2D eigenvalue weighted by atomic mass is 16.6. The molecule has 0 atom stereocenters. The van der Waals surface area contributed by atoms with E-state index in [1.807, 2.05) is 20.9 Å². The average Bonchev–Trinajstić information content (AvgIpc) is 2.53. The van der Waals surface area contributed by atoms with Crippen molar-refractivity contribution >= 4 is 0 Å². The van der Waals surface area contributed by atoms with E-state index in [9.17, 15) is 0 Å². The van der Waals surface area contributed by atoms with Gasteiger partial charge >= 0.3 is 6.08 Å². The van der Waals surface area contributed by atoms with Crippen molar-refractivity contribution in [2.24, 2.45) is 0 Å². The molecule has 0 saturated heterocycles. The highest BCUT2D eigenvalue weighted by molar-refractivity contribution is 5.00. The maximum atomic E-state index is 5.57. The van der Waals surface area contributed by atoms with E-state index in [0.29, 0.717) is 12.6 Å². The van der Waals surface area contributed by atoms with Crippen LogP contribution in [-0.2, 0) is 6.54 Å². The second-order valence-corrected chi connectivity index (χ2v) is 3.85. The number of nitrogens with one attached hydrogen (secondary N) is 1. The van der Waals surface area contributed by atoms with Crippen LogP contribution in [0, 0.1) is 0 Å². The Kier molecular flexibility index (Phi) is 3.52. The third kappa shape index (κ3) is 3.03. The highest BCUT2D eigenvalue weighted by Gasteiger charge is 2.19. The van der Waals surface area contributed by atoms with Gasteiger partial charge in [-0.3, -0.25) is 0 Å². The van der Waals surface area contributed by atoms with Crippen molar-refractivity contribution in [3.8, 4) is 6.08 Å². The van der Waals surface area contributed by atoms with Gasteiger partial charge in [0.2, 0.25) is 0 Å². The van der Waals surface area contributed by atoms with Gasteiger partial charge in [0.1, 0.15) is 11.9 Å². The molecule has 0 aliphatic carbocycles. The number of oxazole rings is 1. The lowest BCUT2D eigenvalue weighted by Crippen LogP contribution is -2.26. The Morgan fingerprint density at radius 3 is 2.86 bits per heavy atom. The van der Waals surface area contributed by atoms with Crippen LogP contribution < -0.4 is 10.1 Å². The molecule has 0 fully saturated rings. The van der Waals surface area contributed by atoms with Crippen molar-refractivity contribution in [1.82, 2.24) is 10.3 Å². The van der Waals surface area contributed by atoms with Crippen molar-refractivity contribution in [3.05, 3.63) is 12.0 Å². The zero-order valence-electron chi connectivity index (χ0n) is 9.26. The summed E-state index contributed by atoms with van der Waals surface area (Å²) in [5, 5.41) is 3.00. The van der Waals surface area contributed by atoms with Crippen LogP contribution in [0.15, 0.2) is 10.7 Å². The quantitative estimate of drug-likeness (QED) is 0.785. The summed E-state index contributed by atoms with van der Waals surface area (Å²) in [4.78, 5) is 4.18. The van der Waals surface area contributed by atoms with Crippen LogP contribution in [0.1, 0.15) is 32.9 Å². The monoisotopic (exact) mass is 198 g/mol. The topological polar surface area (TPSA) is 47.3 Å². The summed E-state index contributed by atoms with van der Waals surface area (Å²) in [6, 6.07) is 0. The molecule has 4 nitrogen and oxygen atoms in total. The summed E-state index contributed by atoms with van der Waals surface area (Å²) >= 11 is 0. The third-order valence-electron chi connectivity index (χ3n) is 2.10. The smallest absolute Gasteiger partial charge is 0.394 e. The minimum atomic E-state index is -0.220. The van der Waals surface area contributed by atoms with Crippen molar-refractivity contribution in [3.63, 3.8) is 0 Å². The molecule has 0 amide bonds. The minimum absolute atomic E-state index is 0.220. The predicted molar refractivity (Wildman–Crippen MR) is 54.3 cm³/mol. The molecule has 0 spiro atoms. The SMILES string of the molecule is CCC(C)(C)Oc1nc(CNC)co1. The molecule has 0 aliphatic rings. The maximum absolute atomic E-state index is 5.57. The molecule has 1 N–H and O–H groups in total. The molecule has 0 radical (unpaired) electrons. The van der Waals surface area contributed by atoms with E-state index in [2.05, 4.69) is 17.2 Å².